The lowest BCUT2D eigenvalue weighted by Gasteiger charge is -2.22. The van der Waals surface area contributed by atoms with Gasteiger partial charge >= 0.3 is 0 Å². The van der Waals surface area contributed by atoms with Gasteiger partial charge in [0.2, 0.25) is 3.79 Å². The van der Waals surface area contributed by atoms with Crippen molar-refractivity contribution in [2.24, 2.45) is 0 Å². The van der Waals surface area contributed by atoms with Crippen molar-refractivity contribution >= 4 is 46.4 Å². The molecule has 0 aromatic rings. The van der Waals surface area contributed by atoms with Crippen LogP contribution in [0.3, 0.4) is 0 Å². The van der Waals surface area contributed by atoms with Gasteiger partial charge in [-0.2, -0.15) is 0 Å². The molecule has 0 aliphatic carbocycles. The van der Waals surface area contributed by atoms with E-state index in [9.17, 15) is 0 Å². The Morgan fingerprint density at radius 1 is 1.36 bits per heavy atom. The average Bonchev–Trinajstić information content (AvgIpc) is 2.34. The second-order valence-corrected chi connectivity index (χ2v) is 5.33. The fourth-order valence-corrected chi connectivity index (χ4v) is 1.66. The second kappa shape index (κ2) is 3.89. The predicted octanol–water partition coefficient (Wildman–Crippen LogP) is 3.14. The number of hydrogen-bond acceptors (Lipinski definition) is 1. The highest BCUT2D eigenvalue weighted by atomic mass is 35.6. The maximum atomic E-state index is 5.84. The van der Waals surface area contributed by atoms with E-state index in [2.05, 4.69) is 0 Å². The maximum absolute atomic E-state index is 5.84. The van der Waals surface area contributed by atoms with Crippen LogP contribution < -0.4 is 0 Å². The minimum atomic E-state index is -1.42. The summed E-state index contributed by atoms with van der Waals surface area (Å²) in [5.74, 6) is 0. The van der Waals surface area contributed by atoms with Crippen molar-refractivity contribution in [1.29, 1.82) is 0 Å². The zero-order valence-electron chi connectivity index (χ0n) is 5.70. The van der Waals surface area contributed by atoms with Gasteiger partial charge in [-0.25, -0.2) is 0 Å². The summed E-state index contributed by atoms with van der Waals surface area (Å²) in [6.45, 7) is 0.717. The van der Waals surface area contributed by atoms with Crippen molar-refractivity contribution < 1.29 is 4.74 Å². The molecule has 0 radical (unpaired) electrons. The minimum absolute atomic E-state index is 0.107. The van der Waals surface area contributed by atoms with Crippen LogP contribution in [0.1, 0.15) is 12.8 Å². The van der Waals surface area contributed by atoms with E-state index in [1.165, 1.54) is 0 Å². The Hall–Kier alpha value is 1.12. The molecule has 11 heavy (non-hydrogen) atoms. The smallest absolute Gasteiger partial charge is 0.209 e. The van der Waals surface area contributed by atoms with Crippen molar-refractivity contribution in [3.8, 4) is 0 Å². The lowest BCUT2D eigenvalue weighted by atomic mass is 10.2. The van der Waals surface area contributed by atoms with Gasteiger partial charge in [-0.3, -0.25) is 0 Å². The number of ether oxygens (including phenoxy) is 1. The molecule has 0 bridgehead atoms. The van der Waals surface area contributed by atoms with Crippen LogP contribution in [0.2, 0.25) is 0 Å². The van der Waals surface area contributed by atoms with Gasteiger partial charge in [0.25, 0.3) is 0 Å². The molecule has 1 saturated heterocycles. The van der Waals surface area contributed by atoms with Gasteiger partial charge in [0.1, 0.15) is 5.38 Å². The summed E-state index contributed by atoms with van der Waals surface area (Å²) in [6, 6.07) is 0. The fraction of sp³-hybridized carbons (Fsp3) is 1.00. The summed E-state index contributed by atoms with van der Waals surface area (Å²) in [5.41, 5.74) is 0. The minimum Gasteiger partial charge on any atom is -0.377 e. The van der Waals surface area contributed by atoms with Gasteiger partial charge in [-0.05, 0) is 12.8 Å². The van der Waals surface area contributed by atoms with Crippen LogP contribution in [-0.4, -0.2) is 21.9 Å². The lowest BCUT2D eigenvalue weighted by molar-refractivity contribution is 0.108. The number of rotatable bonds is 1. The van der Waals surface area contributed by atoms with Crippen LogP contribution in [0.15, 0.2) is 0 Å². The van der Waals surface area contributed by atoms with Crippen molar-refractivity contribution in [2.45, 2.75) is 28.1 Å². The molecule has 1 heterocycles. The Labute approximate surface area is 85.9 Å². The monoisotopic (exact) mass is 236 g/mol. The van der Waals surface area contributed by atoms with Crippen LogP contribution in [-0.2, 0) is 4.74 Å². The number of halogens is 4. The van der Waals surface area contributed by atoms with E-state index >= 15 is 0 Å². The van der Waals surface area contributed by atoms with Gasteiger partial charge in [0.05, 0.1) is 6.10 Å². The molecule has 1 fully saturated rings. The van der Waals surface area contributed by atoms with Crippen molar-refractivity contribution in [3.63, 3.8) is 0 Å². The highest BCUT2D eigenvalue weighted by molar-refractivity contribution is 6.70. The first-order valence-corrected chi connectivity index (χ1v) is 4.91. The SMILES string of the molecule is ClC(C1CCCO1)C(Cl)(Cl)Cl. The largest absolute Gasteiger partial charge is 0.377 e. The van der Waals surface area contributed by atoms with Gasteiger partial charge in [-0.1, -0.05) is 34.8 Å². The molecular formula is C6H8Cl4O. The molecule has 1 nitrogen and oxygen atoms in total. The zero-order valence-corrected chi connectivity index (χ0v) is 8.72. The molecule has 1 rings (SSSR count). The summed E-state index contributed by atoms with van der Waals surface area (Å²) in [4.78, 5) is 0. The molecule has 0 aromatic carbocycles. The molecule has 2 unspecified atom stereocenters. The lowest BCUT2D eigenvalue weighted by Crippen LogP contribution is -2.32. The van der Waals surface area contributed by atoms with Crippen LogP contribution >= 0.6 is 46.4 Å². The third kappa shape index (κ3) is 2.82. The highest BCUT2D eigenvalue weighted by Crippen LogP contribution is 2.38. The second-order valence-electron chi connectivity index (χ2n) is 2.49. The van der Waals surface area contributed by atoms with E-state index in [-0.39, 0.29) is 6.10 Å². The Morgan fingerprint density at radius 2 is 2.00 bits per heavy atom. The number of alkyl halides is 4. The first-order valence-electron chi connectivity index (χ1n) is 3.34. The van der Waals surface area contributed by atoms with Crippen LogP contribution in [0.25, 0.3) is 0 Å². The number of hydrogen-bond donors (Lipinski definition) is 0. The van der Waals surface area contributed by atoms with E-state index in [1.807, 2.05) is 0 Å². The third-order valence-electron chi connectivity index (χ3n) is 1.60. The molecule has 5 heteroatoms. The first-order chi connectivity index (χ1) is 5.02. The first kappa shape index (κ1) is 10.2. The van der Waals surface area contributed by atoms with E-state index in [4.69, 9.17) is 51.1 Å². The molecule has 0 amide bonds. The maximum Gasteiger partial charge on any atom is 0.209 e. The molecule has 0 spiro atoms. The van der Waals surface area contributed by atoms with Crippen molar-refractivity contribution in [1.82, 2.24) is 0 Å². The summed E-state index contributed by atoms with van der Waals surface area (Å²) in [7, 11) is 0. The molecule has 0 N–H and O–H groups in total. The van der Waals surface area contributed by atoms with E-state index in [1.54, 1.807) is 0 Å². The Morgan fingerprint density at radius 3 is 2.36 bits per heavy atom. The standard InChI is InChI=1S/C6H8Cl4O/c7-5(6(8,9)10)4-2-1-3-11-4/h4-5H,1-3H2. The summed E-state index contributed by atoms with van der Waals surface area (Å²) >= 11 is 22.6. The molecule has 66 valence electrons. The van der Waals surface area contributed by atoms with Crippen molar-refractivity contribution in [2.75, 3.05) is 6.61 Å². The highest BCUT2D eigenvalue weighted by Gasteiger charge is 2.39. The molecular weight excluding hydrogens is 230 g/mol. The van der Waals surface area contributed by atoms with Gasteiger partial charge < -0.3 is 4.74 Å². The van der Waals surface area contributed by atoms with Crippen molar-refractivity contribution in [3.05, 3.63) is 0 Å². The zero-order chi connectivity index (χ0) is 8.48. The van der Waals surface area contributed by atoms with Gasteiger partial charge in [0, 0.05) is 6.61 Å². The molecule has 1 aliphatic rings. The molecule has 0 aromatic heterocycles. The Balaban J connectivity index is 2.46. The molecule has 1 aliphatic heterocycles. The Kier molecular flexibility index (Phi) is 3.60. The van der Waals surface area contributed by atoms with E-state index in [0.29, 0.717) is 6.61 Å². The fourth-order valence-electron chi connectivity index (χ4n) is 1.04. The van der Waals surface area contributed by atoms with Gasteiger partial charge in [0.15, 0.2) is 0 Å². The normalized spacial score (nSPS) is 28.9. The summed E-state index contributed by atoms with van der Waals surface area (Å²) in [6.07, 6.45) is 1.76. The van der Waals surface area contributed by atoms with E-state index < -0.39 is 9.17 Å². The molecule has 2 atom stereocenters. The van der Waals surface area contributed by atoms with Crippen LogP contribution in [0.4, 0.5) is 0 Å². The van der Waals surface area contributed by atoms with Crippen LogP contribution in [0.5, 0.6) is 0 Å². The Bertz CT molecular complexity index is 127. The van der Waals surface area contributed by atoms with Crippen LogP contribution in [0, 0.1) is 0 Å². The summed E-state index contributed by atoms with van der Waals surface area (Å²) in [5, 5.41) is -0.546. The topological polar surface area (TPSA) is 9.23 Å². The average molecular weight is 238 g/mol. The summed E-state index contributed by atoms with van der Waals surface area (Å²) < 4.78 is 3.84. The third-order valence-corrected chi connectivity index (χ3v) is 3.25. The van der Waals surface area contributed by atoms with E-state index in [0.717, 1.165) is 12.8 Å². The quantitative estimate of drug-likeness (QED) is 0.637. The molecule has 0 saturated carbocycles. The van der Waals surface area contributed by atoms with Gasteiger partial charge in [-0.15, -0.1) is 11.6 Å². The predicted molar refractivity (Wildman–Crippen MR) is 48.9 cm³/mol.